The zero-order valence-corrected chi connectivity index (χ0v) is 13.1. The molecular weight excluding hydrogens is 288 g/mol. The molecule has 0 aromatic carbocycles. The molecule has 2 aromatic rings. The fourth-order valence-corrected chi connectivity index (χ4v) is 2.10. The number of hydrogen-bond acceptors (Lipinski definition) is 5. The minimum absolute atomic E-state index is 0.318. The van der Waals surface area contributed by atoms with Crippen LogP contribution >= 0.6 is 11.6 Å². The van der Waals surface area contributed by atoms with E-state index in [4.69, 9.17) is 17.0 Å². The van der Waals surface area contributed by atoms with E-state index in [0.29, 0.717) is 23.3 Å². The first-order valence-electron chi connectivity index (χ1n) is 6.72. The van der Waals surface area contributed by atoms with Gasteiger partial charge in [-0.1, -0.05) is 25.4 Å². The van der Waals surface area contributed by atoms with E-state index in [0.717, 1.165) is 17.0 Å². The van der Waals surface area contributed by atoms with Crippen LogP contribution in [0, 0.1) is 5.41 Å². The highest BCUT2D eigenvalue weighted by Crippen LogP contribution is 2.23. The van der Waals surface area contributed by atoms with Gasteiger partial charge >= 0.3 is 0 Å². The molecule has 6 nitrogen and oxygen atoms in total. The molecule has 0 aliphatic rings. The smallest absolute Gasteiger partial charge is 0.162 e. The van der Waals surface area contributed by atoms with Gasteiger partial charge in [0, 0.05) is 18.7 Å². The summed E-state index contributed by atoms with van der Waals surface area (Å²) in [6.07, 6.45) is 5.21. The minimum Gasteiger partial charge on any atom is -0.394 e. The fraction of sp³-hybridized carbons (Fsp3) is 0.357. The Hall–Kier alpha value is -2.08. The molecule has 0 fully saturated rings. The third kappa shape index (κ3) is 3.52. The molecule has 0 unspecified atom stereocenters. The van der Waals surface area contributed by atoms with Gasteiger partial charge < -0.3 is 16.0 Å². The summed E-state index contributed by atoms with van der Waals surface area (Å²) in [5.74, 6) is 1.04. The van der Waals surface area contributed by atoms with Gasteiger partial charge in [0.15, 0.2) is 5.65 Å². The Morgan fingerprint density at radius 3 is 2.95 bits per heavy atom. The number of nitrogens with zero attached hydrogens (tertiary/aromatic N) is 3. The molecule has 2 aromatic heterocycles. The number of nitrogens with one attached hydrogen (secondary N) is 3. The molecule has 2 rings (SSSR count). The number of hydrogen-bond donors (Lipinski definition) is 3. The zero-order valence-electron chi connectivity index (χ0n) is 12.3. The van der Waals surface area contributed by atoms with E-state index in [1.165, 1.54) is 0 Å². The van der Waals surface area contributed by atoms with Crippen LogP contribution in [-0.2, 0) is 0 Å². The highest BCUT2D eigenvalue weighted by molar-refractivity contribution is 6.29. The van der Waals surface area contributed by atoms with Crippen molar-refractivity contribution in [2.75, 3.05) is 18.9 Å². The predicted molar refractivity (Wildman–Crippen MR) is 86.5 cm³/mol. The van der Waals surface area contributed by atoms with E-state index in [2.05, 4.69) is 34.6 Å². The van der Waals surface area contributed by atoms with Crippen molar-refractivity contribution in [2.45, 2.75) is 19.8 Å². The lowest BCUT2D eigenvalue weighted by molar-refractivity contribution is 0.872. The summed E-state index contributed by atoms with van der Waals surface area (Å²) in [6.45, 7) is 4.56. The van der Waals surface area contributed by atoms with Crippen molar-refractivity contribution in [3.8, 4) is 0 Å². The van der Waals surface area contributed by atoms with Gasteiger partial charge in [0.1, 0.15) is 11.0 Å². The van der Waals surface area contributed by atoms with Crippen molar-refractivity contribution in [3.05, 3.63) is 35.3 Å². The topological polar surface area (TPSA) is 78.1 Å². The van der Waals surface area contributed by atoms with Gasteiger partial charge in [-0.2, -0.15) is 9.61 Å². The van der Waals surface area contributed by atoms with Crippen molar-refractivity contribution in [2.24, 2.45) is 0 Å². The summed E-state index contributed by atoms with van der Waals surface area (Å²) < 4.78 is 1.72. The third-order valence-electron chi connectivity index (χ3n) is 3.00. The van der Waals surface area contributed by atoms with Crippen LogP contribution in [0.2, 0.25) is 5.15 Å². The Balaban J connectivity index is 2.27. The molecule has 7 heteroatoms. The molecule has 112 valence electrons. The van der Waals surface area contributed by atoms with Crippen LogP contribution in [0.4, 0.5) is 5.82 Å². The molecule has 0 bridgehead atoms. The van der Waals surface area contributed by atoms with Crippen LogP contribution < -0.4 is 10.6 Å². The van der Waals surface area contributed by atoms with Crippen LogP contribution in [0.1, 0.15) is 25.3 Å². The second-order valence-electron chi connectivity index (χ2n) is 4.95. The van der Waals surface area contributed by atoms with E-state index >= 15 is 0 Å². The summed E-state index contributed by atoms with van der Waals surface area (Å²) in [5, 5.41) is 18.6. The van der Waals surface area contributed by atoms with Gasteiger partial charge in [0.05, 0.1) is 18.5 Å². The minimum atomic E-state index is 0.318. The molecule has 3 N–H and O–H groups in total. The highest BCUT2D eigenvalue weighted by atomic mass is 35.5. The molecule has 0 aliphatic heterocycles. The molecule has 0 amide bonds. The molecule has 0 saturated carbocycles. The molecule has 0 spiro atoms. The summed E-state index contributed by atoms with van der Waals surface area (Å²) in [4.78, 5) is 4.34. The van der Waals surface area contributed by atoms with Crippen molar-refractivity contribution in [1.82, 2.24) is 19.9 Å². The van der Waals surface area contributed by atoms with Gasteiger partial charge in [-0.05, 0) is 18.2 Å². The number of halogens is 1. The van der Waals surface area contributed by atoms with E-state index in [1.807, 2.05) is 0 Å². The summed E-state index contributed by atoms with van der Waals surface area (Å²) in [5.41, 5.74) is 2.24. The summed E-state index contributed by atoms with van der Waals surface area (Å²) in [7, 11) is 1.79. The first-order chi connectivity index (χ1) is 10.0. The van der Waals surface area contributed by atoms with Crippen molar-refractivity contribution in [3.63, 3.8) is 0 Å². The number of fused-ring (bicyclic) bond motifs is 1. The lowest BCUT2D eigenvalue weighted by atomic mass is 10.1. The van der Waals surface area contributed by atoms with Crippen LogP contribution in [0.15, 0.2) is 24.5 Å². The fourth-order valence-electron chi connectivity index (χ4n) is 1.91. The van der Waals surface area contributed by atoms with Crippen LogP contribution in [0.5, 0.6) is 0 Å². The van der Waals surface area contributed by atoms with Crippen LogP contribution in [-0.4, -0.2) is 33.9 Å². The first-order valence-corrected chi connectivity index (χ1v) is 7.10. The average molecular weight is 307 g/mol. The largest absolute Gasteiger partial charge is 0.394 e. The molecule has 0 saturated heterocycles. The Labute approximate surface area is 128 Å². The molecule has 0 radical (unpaired) electrons. The van der Waals surface area contributed by atoms with Crippen LogP contribution in [0.25, 0.3) is 5.65 Å². The summed E-state index contributed by atoms with van der Waals surface area (Å²) >= 11 is 6.09. The SMILES string of the molecule is CN/C=C\C(=N)CNc1cc(Cl)nc2c(C(C)C)cnn12. The lowest BCUT2D eigenvalue weighted by Gasteiger charge is -2.09. The van der Waals surface area contributed by atoms with Crippen molar-refractivity contribution in [1.29, 1.82) is 5.41 Å². The normalized spacial score (nSPS) is 11.5. The van der Waals surface area contributed by atoms with Gasteiger partial charge in [-0.15, -0.1) is 0 Å². The molecular formula is C14H19ClN6. The number of rotatable bonds is 6. The second kappa shape index (κ2) is 6.58. The second-order valence-corrected chi connectivity index (χ2v) is 5.34. The van der Waals surface area contributed by atoms with Gasteiger partial charge in [0.25, 0.3) is 0 Å². The average Bonchev–Trinajstić information content (AvgIpc) is 2.86. The van der Waals surface area contributed by atoms with Gasteiger partial charge in [-0.3, -0.25) is 0 Å². The maximum absolute atomic E-state index is 7.81. The molecule has 2 heterocycles. The highest BCUT2D eigenvalue weighted by Gasteiger charge is 2.13. The van der Waals surface area contributed by atoms with E-state index in [9.17, 15) is 0 Å². The Morgan fingerprint density at radius 2 is 2.29 bits per heavy atom. The quantitative estimate of drug-likeness (QED) is 0.566. The third-order valence-corrected chi connectivity index (χ3v) is 3.19. The van der Waals surface area contributed by atoms with E-state index in [-0.39, 0.29) is 0 Å². The Kier molecular flexibility index (Phi) is 4.80. The van der Waals surface area contributed by atoms with Crippen LogP contribution in [0.3, 0.4) is 0 Å². The van der Waals surface area contributed by atoms with Gasteiger partial charge in [-0.25, -0.2) is 4.98 Å². The maximum Gasteiger partial charge on any atom is 0.162 e. The van der Waals surface area contributed by atoms with Crippen molar-refractivity contribution >= 4 is 28.8 Å². The predicted octanol–water partition coefficient (Wildman–Crippen LogP) is 2.67. The van der Waals surface area contributed by atoms with Crippen molar-refractivity contribution < 1.29 is 0 Å². The standard InChI is InChI=1S/C14H19ClN6/c1-9(2)11-8-19-21-13(6-12(15)20-14(11)21)18-7-10(16)4-5-17-3/h4-6,8-9,16-18H,7H2,1-3H3/b5-4-,16-10?. The monoisotopic (exact) mass is 306 g/mol. The maximum atomic E-state index is 7.81. The lowest BCUT2D eigenvalue weighted by Crippen LogP contribution is -2.14. The molecule has 0 aliphatic carbocycles. The van der Waals surface area contributed by atoms with E-state index < -0.39 is 0 Å². The van der Waals surface area contributed by atoms with Gasteiger partial charge in [0.2, 0.25) is 0 Å². The Bertz CT molecular complexity index is 673. The number of aromatic nitrogens is 3. The molecule has 0 atom stereocenters. The Morgan fingerprint density at radius 1 is 1.52 bits per heavy atom. The first kappa shape index (κ1) is 15.3. The summed E-state index contributed by atoms with van der Waals surface area (Å²) in [6, 6.07) is 1.71. The number of anilines is 1. The zero-order chi connectivity index (χ0) is 15.4. The molecule has 21 heavy (non-hydrogen) atoms. The van der Waals surface area contributed by atoms with E-state index in [1.54, 1.807) is 36.1 Å².